The lowest BCUT2D eigenvalue weighted by Crippen LogP contribution is -2.06. The van der Waals surface area contributed by atoms with Crippen LogP contribution in [0.25, 0.3) is 0 Å². The van der Waals surface area contributed by atoms with E-state index < -0.39 is 11.1 Å². The van der Waals surface area contributed by atoms with E-state index in [1.807, 2.05) is 18.2 Å². The van der Waals surface area contributed by atoms with Crippen LogP contribution in [0.2, 0.25) is 0 Å². The van der Waals surface area contributed by atoms with Crippen LogP contribution in [0.3, 0.4) is 0 Å². The van der Waals surface area contributed by atoms with Gasteiger partial charge in [-0.25, -0.2) is 4.21 Å². The largest absolute Gasteiger partial charge is 0.290 e. The Hall–Kier alpha value is -0.670. The van der Waals surface area contributed by atoms with E-state index in [4.69, 9.17) is 4.18 Å². The third kappa shape index (κ3) is 2.71. The number of hydrogen-bond donors (Lipinski definition) is 0. The van der Waals surface area contributed by atoms with Crippen LogP contribution < -0.4 is 0 Å². The van der Waals surface area contributed by atoms with Crippen molar-refractivity contribution in [2.24, 2.45) is 0 Å². The van der Waals surface area contributed by atoms with Crippen molar-refractivity contribution in [3.05, 3.63) is 29.3 Å². The molecule has 0 aromatic heterocycles. The maximum Gasteiger partial charge on any atom is 0.189 e. The molecule has 1 rings (SSSR count). The van der Waals surface area contributed by atoms with Gasteiger partial charge in [-0.2, -0.15) is 0 Å². The predicted octanol–water partition coefficient (Wildman–Crippen LogP) is 3.60. The van der Waals surface area contributed by atoms with Gasteiger partial charge in [0.1, 0.15) is 0 Å². The van der Waals surface area contributed by atoms with Crippen molar-refractivity contribution in [3.63, 3.8) is 0 Å². The third-order valence-corrected chi connectivity index (χ3v) is 3.75. The van der Waals surface area contributed by atoms with Gasteiger partial charge in [0.2, 0.25) is 0 Å². The van der Waals surface area contributed by atoms with Gasteiger partial charge >= 0.3 is 0 Å². The van der Waals surface area contributed by atoms with Crippen molar-refractivity contribution < 1.29 is 8.39 Å². The molecule has 0 radical (unpaired) electrons. The van der Waals surface area contributed by atoms with Crippen LogP contribution in [0.5, 0.6) is 0 Å². The van der Waals surface area contributed by atoms with Crippen LogP contribution in [0.1, 0.15) is 50.7 Å². The average molecular weight is 240 g/mol. The first-order valence-electron chi connectivity index (χ1n) is 5.58. The minimum absolute atomic E-state index is 0.354. The van der Waals surface area contributed by atoms with Crippen molar-refractivity contribution in [1.29, 1.82) is 0 Å². The van der Waals surface area contributed by atoms with E-state index in [0.717, 1.165) is 16.0 Å². The first-order chi connectivity index (χ1) is 7.49. The SMILES string of the molecule is COS(=O)c1c(C(C)C)cccc1C(C)C. The van der Waals surface area contributed by atoms with Gasteiger partial charge in [-0.05, 0) is 23.0 Å². The molecule has 16 heavy (non-hydrogen) atoms. The lowest BCUT2D eigenvalue weighted by atomic mass is 9.95. The van der Waals surface area contributed by atoms with E-state index in [0.29, 0.717) is 11.8 Å². The van der Waals surface area contributed by atoms with Gasteiger partial charge in [0.05, 0.1) is 12.0 Å². The molecule has 0 saturated carbocycles. The van der Waals surface area contributed by atoms with Gasteiger partial charge in [-0.1, -0.05) is 45.9 Å². The molecule has 0 aliphatic rings. The molecule has 0 spiro atoms. The molecule has 1 aromatic carbocycles. The molecule has 0 aliphatic carbocycles. The molecule has 0 bridgehead atoms. The molecule has 0 aliphatic heterocycles. The molecule has 90 valence electrons. The van der Waals surface area contributed by atoms with Crippen LogP contribution in [0.15, 0.2) is 23.1 Å². The van der Waals surface area contributed by atoms with E-state index in [1.54, 1.807) is 0 Å². The number of hydrogen-bond acceptors (Lipinski definition) is 2. The van der Waals surface area contributed by atoms with Gasteiger partial charge in [-0.3, -0.25) is 4.18 Å². The molecule has 3 heteroatoms. The van der Waals surface area contributed by atoms with Crippen LogP contribution in [-0.2, 0) is 15.3 Å². The van der Waals surface area contributed by atoms with Crippen LogP contribution in [-0.4, -0.2) is 11.3 Å². The lowest BCUT2D eigenvalue weighted by molar-refractivity contribution is 0.443. The fraction of sp³-hybridized carbons (Fsp3) is 0.538. The zero-order valence-electron chi connectivity index (χ0n) is 10.6. The monoisotopic (exact) mass is 240 g/mol. The second-order valence-corrected chi connectivity index (χ2v) is 5.69. The summed E-state index contributed by atoms with van der Waals surface area (Å²) in [6.07, 6.45) is 0. The summed E-state index contributed by atoms with van der Waals surface area (Å²) in [7, 11) is 1.48. The summed E-state index contributed by atoms with van der Waals surface area (Å²) >= 11 is -1.35. The maximum atomic E-state index is 12.0. The quantitative estimate of drug-likeness (QED) is 0.803. The van der Waals surface area contributed by atoms with Gasteiger partial charge in [0.25, 0.3) is 0 Å². The van der Waals surface area contributed by atoms with E-state index >= 15 is 0 Å². The molecule has 0 heterocycles. The Morgan fingerprint density at radius 2 is 1.50 bits per heavy atom. The lowest BCUT2D eigenvalue weighted by Gasteiger charge is -2.17. The van der Waals surface area contributed by atoms with E-state index in [1.165, 1.54) is 7.11 Å². The smallest absolute Gasteiger partial charge is 0.189 e. The van der Waals surface area contributed by atoms with Crippen molar-refractivity contribution in [2.75, 3.05) is 7.11 Å². The molecule has 1 unspecified atom stereocenters. The predicted molar refractivity (Wildman–Crippen MR) is 68.0 cm³/mol. The summed E-state index contributed by atoms with van der Waals surface area (Å²) in [5, 5.41) is 0. The summed E-state index contributed by atoms with van der Waals surface area (Å²) in [6, 6.07) is 6.09. The second-order valence-electron chi connectivity index (χ2n) is 4.48. The zero-order chi connectivity index (χ0) is 12.3. The van der Waals surface area contributed by atoms with Gasteiger partial charge in [0.15, 0.2) is 11.1 Å². The van der Waals surface area contributed by atoms with Gasteiger partial charge < -0.3 is 0 Å². The third-order valence-electron chi connectivity index (χ3n) is 2.64. The fourth-order valence-electron chi connectivity index (χ4n) is 1.76. The van der Waals surface area contributed by atoms with Crippen molar-refractivity contribution in [1.82, 2.24) is 0 Å². The highest BCUT2D eigenvalue weighted by Gasteiger charge is 2.18. The molecule has 1 aromatic rings. The normalized spacial score (nSPS) is 13.4. The zero-order valence-corrected chi connectivity index (χ0v) is 11.4. The summed E-state index contributed by atoms with van der Waals surface area (Å²) < 4.78 is 16.9. The highest BCUT2D eigenvalue weighted by molar-refractivity contribution is 7.80. The Kier molecular flexibility index (Phi) is 4.69. The molecule has 0 amide bonds. The highest BCUT2D eigenvalue weighted by atomic mass is 32.2. The van der Waals surface area contributed by atoms with Crippen LogP contribution in [0, 0.1) is 0 Å². The number of rotatable bonds is 4. The Labute approximate surface area is 101 Å². The summed E-state index contributed by atoms with van der Waals surface area (Å²) in [5.74, 6) is 0.709. The summed E-state index contributed by atoms with van der Waals surface area (Å²) in [5.41, 5.74) is 2.23. The molecule has 2 nitrogen and oxygen atoms in total. The highest BCUT2D eigenvalue weighted by Crippen LogP contribution is 2.30. The van der Waals surface area contributed by atoms with Crippen molar-refractivity contribution in [2.45, 2.75) is 44.4 Å². The van der Waals surface area contributed by atoms with Gasteiger partial charge in [-0.15, -0.1) is 0 Å². The first kappa shape index (κ1) is 13.4. The topological polar surface area (TPSA) is 26.3 Å². The molecule has 1 atom stereocenters. The average Bonchev–Trinajstić information content (AvgIpc) is 2.26. The maximum absolute atomic E-state index is 12.0. The number of benzene rings is 1. The Balaban J connectivity index is 3.41. The van der Waals surface area contributed by atoms with E-state index in [-0.39, 0.29) is 0 Å². The molecule has 0 saturated heterocycles. The molecule has 0 fully saturated rings. The first-order valence-corrected chi connectivity index (χ1v) is 6.65. The van der Waals surface area contributed by atoms with E-state index in [2.05, 4.69) is 27.7 Å². The molecular formula is C13H20O2S. The Bertz CT molecular complexity index is 357. The minimum atomic E-state index is -1.35. The molecule has 0 N–H and O–H groups in total. The Morgan fingerprint density at radius 3 is 1.81 bits per heavy atom. The summed E-state index contributed by atoms with van der Waals surface area (Å²) in [4.78, 5) is 0.856. The standard InChI is InChI=1S/C13H20O2S/c1-9(2)11-7-6-8-12(10(3)4)13(11)16(14)15-5/h6-10H,1-5H3. The summed E-state index contributed by atoms with van der Waals surface area (Å²) in [6.45, 7) is 8.43. The van der Waals surface area contributed by atoms with Gasteiger partial charge in [0, 0.05) is 0 Å². The second kappa shape index (κ2) is 5.60. The minimum Gasteiger partial charge on any atom is -0.290 e. The Morgan fingerprint density at radius 1 is 1.06 bits per heavy atom. The van der Waals surface area contributed by atoms with E-state index in [9.17, 15) is 4.21 Å². The molecular weight excluding hydrogens is 220 g/mol. The van der Waals surface area contributed by atoms with Crippen molar-refractivity contribution >= 4 is 11.1 Å². The van der Waals surface area contributed by atoms with Crippen LogP contribution in [0.4, 0.5) is 0 Å². The van der Waals surface area contributed by atoms with Crippen LogP contribution >= 0.6 is 0 Å². The van der Waals surface area contributed by atoms with Crippen molar-refractivity contribution in [3.8, 4) is 0 Å². The fourth-order valence-corrected chi connectivity index (χ4v) is 2.92.